The van der Waals surface area contributed by atoms with E-state index in [1.807, 2.05) is 18.2 Å². The molecule has 108 valence electrons. The summed E-state index contributed by atoms with van der Waals surface area (Å²) in [6.45, 7) is 6.54. The summed E-state index contributed by atoms with van der Waals surface area (Å²) in [6.07, 6.45) is 0.792. The number of aromatic nitrogens is 1. The van der Waals surface area contributed by atoms with Crippen LogP contribution >= 0.6 is 27.3 Å². The van der Waals surface area contributed by atoms with Gasteiger partial charge in [-0.15, -0.1) is 11.3 Å². The Morgan fingerprint density at radius 1 is 1.35 bits per heavy atom. The normalized spacial score (nSPS) is 13.4. The molecule has 0 aliphatic carbocycles. The Balaban J connectivity index is 2.19. The van der Waals surface area contributed by atoms with Crippen LogP contribution < -0.4 is 11.3 Å². The number of nitrogens with one attached hydrogen (secondary N) is 1. The van der Waals surface area contributed by atoms with Crippen LogP contribution in [0.15, 0.2) is 34.1 Å². The highest BCUT2D eigenvalue weighted by Gasteiger charge is 2.20. The average molecular weight is 354 g/mol. The van der Waals surface area contributed by atoms with Crippen molar-refractivity contribution in [2.75, 3.05) is 0 Å². The van der Waals surface area contributed by atoms with Gasteiger partial charge in [0.15, 0.2) is 0 Å². The quantitative estimate of drug-likeness (QED) is 0.646. The minimum atomic E-state index is 0.0598. The molecule has 3 nitrogen and oxygen atoms in total. The number of hydrogen-bond acceptors (Lipinski definition) is 4. The molecule has 2 aromatic rings. The van der Waals surface area contributed by atoms with Gasteiger partial charge < -0.3 is 0 Å². The molecule has 0 amide bonds. The van der Waals surface area contributed by atoms with Gasteiger partial charge in [0.1, 0.15) is 0 Å². The van der Waals surface area contributed by atoms with Crippen LogP contribution in [0, 0.1) is 0 Å². The molecular weight excluding hydrogens is 334 g/mol. The average Bonchev–Trinajstić information content (AvgIpc) is 2.85. The van der Waals surface area contributed by atoms with E-state index in [1.54, 1.807) is 11.3 Å². The number of halogens is 1. The van der Waals surface area contributed by atoms with Crippen LogP contribution in [-0.2, 0) is 11.8 Å². The fourth-order valence-corrected chi connectivity index (χ4v) is 3.57. The standard InChI is InChI=1S/C15H20BrN3S/c1-15(2,3)13-9-20-14(18-13)8-12(19-17)10-6-4-5-7-11(10)16/h4-7,9,12,19H,8,17H2,1-3H3. The zero-order valence-electron chi connectivity index (χ0n) is 12.0. The Bertz CT molecular complexity index is 574. The number of rotatable bonds is 4. The summed E-state index contributed by atoms with van der Waals surface area (Å²) in [5.74, 6) is 5.72. The predicted molar refractivity (Wildman–Crippen MR) is 88.7 cm³/mol. The zero-order valence-corrected chi connectivity index (χ0v) is 14.4. The Labute approximate surface area is 132 Å². The molecular formula is C15H20BrN3S. The number of hydrazine groups is 1. The second-order valence-electron chi connectivity index (χ2n) is 5.82. The van der Waals surface area contributed by atoms with Crippen molar-refractivity contribution in [3.63, 3.8) is 0 Å². The van der Waals surface area contributed by atoms with Gasteiger partial charge in [0.05, 0.1) is 16.7 Å². The lowest BCUT2D eigenvalue weighted by Crippen LogP contribution is -2.29. The Hall–Kier alpha value is -0.750. The van der Waals surface area contributed by atoms with Crippen LogP contribution in [0.4, 0.5) is 0 Å². The molecule has 0 bridgehead atoms. The van der Waals surface area contributed by atoms with E-state index in [4.69, 9.17) is 10.8 Å². The van der Waals surface area contributed by atoms with Crippen LogP contribution in [0.2, 0.25) is 0 Å². The van der Waals surface area contributed by atoms with Crippen molar-refractivity contribution in [3.05, 3.63) is 50.4 Å². The fourth-order valence-electron chi connectivity index (χ4n) is 1.94. The predicted octanol–water partition coefficient (Wildman–Crippen LogP) is 3.95. The third kappa shape index (κ3) is 3.67. The zero-order chi connectivity index (χ0) is 14.8. The van der Waals surface area contributed by atoms with E-state index in [-0.39, 0.29) is 11.5 Å². The van der Waals surface area contributed by atoms with Crippen molar-refractivity contribution in [2.45, 2.75) is 38.6 Å². The summed E-state index contributed by atoms with van der Waals surface area (Å²) < 4.78 is 1.07. The number of nitrogens with zero attached hydrogens (tertiary/aromatic N) is 1. The maximum Gasteiger partial charge on any atom is 0.0948 e. The lowest BCUT2D eigenvalue weighted by atomic mass is 9.93. The number of nitrogens with two attached hydrogens (primary N) is 1. The Morgan fingerprint density at radius 2 is 2.05 bits per heavy atom. The second kappa shape index (κ2) is 6.35. The molecule has 0 fully saturated rings. The summed E-state index contributed by atoms with van der Waals surface area (Å²) in [5.41, 5.74) is 5.28. The van der Waals surface area contributed by atoms with Crippen molar-refractivity contribution < 1.29 is 0 Å². The van der Waals surface area contributed by atoms with Gasteiger partial charge in [0.25, 0.3) is 0 Å². The molecule has 0 radical (unpaired) electrons. The summed E-state index contributed by atoms with van der Waals surface area (Å²) >= 11 is 5.27. The van der Waals surface area contributed by atoms with Gasteiger partial charge in [-0.3, -0.25) is 11.3 Å². The summed E-state index contributed by atoms with van der Waals surface area (Å²) in [7, 11) is 0. The van der Waals surface area contributed by atoms with Gasteiger partial charge in [-0.2, -0.15) is 0 Å². The number of hydrogen-bond donors (Lipinski definition) is 2. The topological polar surface area (TPSA) is 50.9 Å². The molecule has 0 aliphatic heterocycles. The highest BCUT2D eigenvalue weighted by molar-refractivity contribution is 9.10. The van der Waals surface area contributed by atoms with Gasteiger partial charge in [-0.25, -0.2) is 4.98 Å². The minimum absolute atomic E-state index is 0.0598. The van der Waals surface area contributed by atoms with Crippen molar-refractivity contribution in [2.24, 2.45) is 5.84 Å². The van der Waals surface area contributed by atoms with E-state index < -0.39 is 0 Å². The highest BCUT2D eigenvalue weighted by atomic mass is 79.9. The summed E-state index contributed by atoms with van der Waals surface area (Å²) in [5, 5.41) is 3.25. The van der Waals surface area contributed by atoms with E-state index in [0.29, 0.717) is 0 Å². The molecule has 0 aliphatic rings. The molecule has 1 heterocycles. The molecule has 0 spiro atoms. The molecule has 1 unspecified atom stereocenters. The van der Waals surface area contributed by atoms with Crippen LogP contribution in [-0.4, -0.2) is 4.98 Å². The van der Waals surface area contributed by atoms with E-state index >= 15 is 0 Å². The molecule has 1 aromatic heterocycles. The molecule has 1 atom stereocenters. The van der Waals surface area contributed by atoms with Gasteiger partial charge in [0, 0.05) is 21.7 Å². The maximum absolute atomic E-state index is 5.72. The van der Waals surface area contributed by atoms with Gasteiger partial charge >= 0.3 is 0 Å². The first kappa shape index (κ1) is 15.6. The molecule has 3 N–H and O–H groups in total. The minimum Gasteiger partial charge on any atom is -0.271 e. The number of thiazole rings is 1. The first-order valence-corrected chi connectivity index (χ1v) is 8.24. The van der Waals surface area contributed by atoms with Crippen molar-refractivity contribution >= 4 is 27.3 Å². The Kier molecular flexibility index (Phi) is 4.96. The van der Waals surface area contributed by atoms with E-state index in [0.717, 1.165) is 27.2 Å². The van der Waals surface area contributed by atoms with Crippen molar-refractivity contribution in [1.82, 2.24) is 10.4 Å². The Morgan fingerprint density at radius 3 is 2.60 bits per heavy atom. The van der Waals surface area contributed by atoms with Crippen LogP contribution in [0.5, 0.6) is 0 Å². The van der Waals surface area contributed by atoms with E-state index in [2.05, 4.69) is 53.6 Å². The lowest BCUT2D eigenvalue weighted by molar-refractivity contribution is 0.539. The molecule has 5 heteroatoms. The molecule has 2 rings (SSSR count). The maximum atomic E-state index is 5.72. The number of benzene rings is 1. The first-order chi connectivity index (χ1) is 9.41. The molecule has 1 aromatic carbocycles. The van der Waals surface area contributed by atoms with Crippen molar-refractivity contribution in [3.8, 4) is 0 Å². The summed E-state index contributed by atoms with van der Waals surface area (Å²) in [6, 6.07) is 8.19. The van der Waals surface area contributed by atoms with Crippen LogP contribution in [0.25, 0.3) is 0 Å². The third-order valence-electron chi connectivity index (χ3n) is 3.18. The fraction of sp³-hybridized carbons (Fsp3) is 0.400. The highest BCUT2D eigenvalue weighted by Crippen LogP contribution is 2.29. The van der Waals surface area contributed by atoms with E-state index in [9.17, 15) is 0 Å². The summed E-state index contributed by atoms with van der Waals surface area (Å²) in [4.78, 5) is 4.73. The van der Waals surface area contributed by atoms with Crippen LogP contribution in [0.1, 0.15) is 43.1 Å². The molecule has 0 saturated heterocycles. The van der Waals surface area contributed by atoms with Gasteiger partial charge in [-0.05, 0) is 11.6 Å². The SMILES string of the molecule is CC(C)(C)c1csc(CC(NN)c2ccccc2Br)n1. The van der Waals surface area contributed by atoms with Crippen molar-refractivity contribution in [1.29, 1.82) is 0 Å². The molecule has 20 heavy (non-hydrogen) atoms. The largest absolute Gasteiger partial charge is 0.271 e. The van der Waals surface area contributed by atoms with E-state index in [1.165, 1.54) is 0 Å². The van der Waals surface area contributed by atoms with Gasteiger partial charge in [0.2, 0.25) is 0 Å². The smallest absolute Gasteiger partial charge is 0.0948 e. The third-order valence-corrected chi connectivity index (χ3v) is 4.77. The second-order valence-corrected chi connectivity index (χ2v) is 7.62. The van der Waals surface area contributed by atoms with Gasteiger partial charge in [-0.1, -0.05) is 54.9 Å². The first-order valence-electron chi connectivity index (χ1n) is 6.57. The molecule has 0 saturated carbocycles. The van der Waals surface area contributed by atoms with Crippen LogP contribution in [0.3, 0.4) is 0 Å². The monoisotopic (exact) mass is 353 g/mol. The lowest BCUT2D eigenvalue weighted by Gasteiger charge is -2.17.